The van der Waals surface area contributed by atoms with Crippen molar-refractivity contribution >= 4 is 52.5 Å². The fourth-order valence-corrected chi connectivity index (χ4v) is 4.90. The van der Waals surface area contributed by atoms with Crippen LogP contribution in [-0.4, -0.2) is 48.3 Å². The average molecular weight is 562 g/mol. The molecule has 0 saturated heterocycles. The van der Waals surface area contributed by atoms with Crippen molar-refractivity contribution in [2.24, 2.45) is 10.7 Å². The van der Waals surface area contributed by atoms with Crippen molar-refractivity contribution in [2.75, 3.05) is 30.4 Å². The van der Waals surface area contributed by atoms with Crippen LogP contribution >= 0.6 is 23.4 Å². The number of hydrogen-bond acceptors (Lipinski definition) is 5. The van der Waals surface area contributed by atoms with Crippen LogP contribution in [0.25, 0.3) is 0 Å². The van der Waals surface area contributed by atoms with Crippen molar-refractivity contribution in [1.82, 2.24) is 4.90 Å². The van der Waals surface area contributed by atoms with Gasteiger partial charge in [-0.15, -0.1) is 0 Å². The van der Waals surface area contributed by atoms with Crippen molar-refractivity contribution in [1.29, 1.82) is 0 Å². The van der Waals surface area contributed by atoms with Crippen LogP contribution in [0.1, 0.15) is 17.2 Å². The normalized spacial score (nSPS) is 14.1. The van der Waals surface area contributed by atoms with Gasteiger partial charge in [0.15, 0.2) is 0 Å². The van der Waals surface area contributed by atoms with E-state index < -0.39 is 23.5 Å². The van der Waals surface area contributed by atoms with Crippen molar-refractivity contribution in [2.45, 2.75) is 16.4 Å². The van der Waals surface area contributed by atoms with Gasteiger partial charge >= 0.3 is 11.5 Å². The minimum Gasteiger partial charge on any atom is -0.358 e. The number of halogens is 4. The fourth-order valence-electron chi connectivity index (χ4n) is 4.08. The zero-order valence-corrected chi connectivity index (χ0v) is 21.6. The summed E-state index contributed by atoms with van der Waals surface area (Å²) in [4.78, 5) is 33.5. The van der Waals surface area contributed by atoms with Crippen LogP contribution in [0, 0.1) is 0 Å². The Balaban J connectivity index is 1.73. The molecule has 0 bridgehead atoms. The molecule has 0 saturated carbocycles. The van der Waals surface area contributed by atoms with Gasteiger partial charge in [0.25, 0.3) is 5.91 Å². The third-order valence-corrected chi connectivity index (χ3v) is 6.83. The number of likely N-dealkylation sites (N-methyl/N-ethyl adjacent to an activating group) is 1. The Labute approximate surface area is 226 Å². The first kappa shape index (κ1) is 27.3. The number of carbonyl (C=O) groups is 2. The summed E-state index contributed by atoms with van der Waals surface area (Å²) in [6, 6.07) is 15.7. The van der Waals surface area contributed by atoms with E-state index in [0.29, 0.717) is 17.3 Å². The number of rotatable bonds is 7. The number of thioether (sulfide) groups is 1. The Bertz CT molecular complexity index is 1350. The number of amides is 3. The molecule has 3 N–H and O–H groups in total. The number of amidine groups is 1. The van der Waals surface area contributed by atoms with Gasteiger partial charge in [-0.3, -0.25) is 14.7 Å². The number of alkyl halides is 3. The molecule has 198 valence electrons. The standard InChI is InChI=1S/C26H23ClF3N5O2S/c1-34-15-14-32-23(34)16-6-10-18(11-7-16)33-24(36)22(20-4-2-3-5-21(20)38-26(28,29)30)35(25(31)37)19-12-8-17(27)9-13-19/h2-13,22H,14-15H2,1H3,(H2,31,37)(H,33,36). The van der Waals surface area contributed by atoms with Gasteiger partial charge in [-0.25, -0.2) is 4.79 Å². The molecule has 0 spiro atoms. The van der Waals surface area contributed by atoms with Crippen LogP contribution in [0.15, 0.2) is 82.7 Å². The Hall–Kier alpha value is -3.70. The quantitative estimate of drug-likeness (QED) is 0.351. The summed E-state index contributed by atoms with van der Waals surface area (Å²) in [5, 5.41) is 3.08. The molecule has 4 rings (SSSR count). The Morgan fingerprint density at radius 3 is 2.32 bits per heavy atom. The molecule has 1 aliphatic rings. The summed E-state index contributed by atoms with van der Waals surface area (Å²) in [6.45, 7) is 1.49. The van der Waals surface area contributed by atoms with E-state index in [1.165, 1.54) is 48.5 Å². The molecule has 0 radical (unpaired) electrons. The number of nitrogens with zero attached hydrogens (tertiary/aromatic N) is 3. The van der Waals surface area contributed by atoms with Gasteiger partial charge in [0, 0.05) is 40.4 Å². The highest BCUT2D eigenvalue weighted by Gasteiger charge is 2.37. The summed E-state index contributed by atoms with van der Waals surface area (Å²) in [6.07, 6.45) is 0. The van der Waals surface area contributed by atoms with Crippen LogP contribution in [0.4, 0.5) is 29.3 Å². The molecular weight excluding hydrogens is 539 g/mol. The van der Waals surface area contributed by atoms with Gasteiger partial charge in [0.1, 0.15) is 11.9 Å². The molecule has 0 fully saturated rings. The van der Waals surface area contributed by atoms with Crippen LogP contribution in [-0.2, 0) is 4.79 Å². The smallest absolute Gasteiger partial charge is 0.358 e. The SMILES string of the molecule is CN1CCN=C1c1ccc(NC(=O)C(c2ccccc2SC(F)(F)F)N(C(N)=O)c2ccc(Cl)cc2)cc1. The highest BCUT2D eigenvalue weighted by atomic mass is 35.5. The first-order valence-electron chi connectivity index (χ1n) is 11.4. The topological polar surface area (TPSA) is 91.0 Å². The van der Waals surface area contributed by atoms with Gasteiger partial charge in [-0.2, -0.15) is 13.2 Å². The lowest BCUT2D eigenvalue weighted by molar-refractivity contribution is -0.117. The van der Waals surface area contributed by atoms with Crippen molar-refractivity contribution in [3.8, 4) is 0 Å². The van der Waals surface area contributed by atoms with E-state index in [0.717, 1.165) is 22.8 Å². The number of benzene rings is 3. The molecule has 1 unspecified atom stereocenters. The Kier molecular flexibility index (Phi) is 8.17. The number of nitrogens with two attached hydrogens (primary N) is 1. The zero-order chi connectivity index (χ0) is 27.4. The summed E-state index contributed by atoms with van der Waals surface area (Å²) >= 11 is 5.60. The van der Waals surface area contributed by atoms with Gasteiger partial charge in [0.05, 0.1) is 6.54 Å². The van der Waals surface area contributed by atoms with Crippen LogP contribution in [0.3, 0.4) is 0 Å². The molecule has 3 amide bonds. The summed E-state index contributed by atoms with van der Waals surface area (Å²) in [5.41, 5.74) is 2.44. The third-order valence-electron chi connectivity index (χ3n) is 5.76. The zero-order valence-electron chi connectivity index (χ0n) is 20.1. The summed E-state index contributed by atoms with van der Waals surface area (Å²) in [5.74, 6) is 0.0681. The summed E-state index contributed by atoms with van der Waals surface area (Å²) < 4.78 is 40.1. The lowest BCUT2D eigenvalue weighted by Gasteiger charge is -2.31. The largest absolute Gasteiger partial charge is 0.446 e. The monoisotopic (exact) mass is 561 g/mol. The second-order valence-electron chi connectivity index (χ2n) is 8.37. The van der Waals surface area contributed by atoms with E-state index >= 15 is 0 Å². The maximum atomic E-state index is 13.7. The first-order valence-corrected chi connectivity index (χ1v) is 12.6. The number of urea groups is 1. The fraction of sp³-hybridized carbons (Fsp3) is 0.192. The molecule has 38 heavy (non-hydrogen) atoms. The van der Waals surface area contributed by atoms with E-state index in [1.54, 1.807) is 24.3 Å². The number of aliphatic imine (C=N–C) groups is 1. The van der Waals surface area contributed by atoms with Crippen LogP contribution in [0.5, 0.6) is 0 Å². The van der Waals surface area contributed by atoms with Crippen LogP contribution < -0.4 is 16.0 Å². The number of nitrogens with one attached hydrogen (secondary N) is 1. The predicted molar refractivity (Wildman–Crippen MR) is 144 cm³/mol. The maximum Gasteiger partial charge on any atom is 0.446 e. The molecule has 0 aromatic heterocycles. The van der Waals surface area contributed by atoms with E-state index in [-0.39, 0.29) is 27.9 Å². The number of hydrogen-bond donors (Lipinski definition) is 2. The lowest BCUT2D eigenvalue weighted by Crippen LogP contribution is -2.44. The predicted octanol–water partition coefficient (Wildman–Crippen LogP) is 5.91. The van der Waals surface area contributed by atoms with E-state index in [9.17, 15) is 22.8 Å². The van der Waals surface area contributed by atoms with E-state index in [1.807, 2.05) is 11.9 Å². The van der Waals surface area contributed by atoms with E-state index in [4.69, 9.17) is 17.3 Å². The lowest BCUT2D eigenvalue weighted by atomic mass is 10.0. The highest BCUT2D eigenvalue weighted by Crippen LogP contribution is 2.42. The molecule has 3 aromatic carbocycles. The third kappa shape index (κ3) is 6.40. The molecule has 7 nitrogen and oxygen atoms in total. The highest BCUT2D eigenvalue weighted by molar-refractivity contribution is 8.00. The van der Waals surface area contributed by atoms with Gasteiger partial charge in [0.2, 0.25) is 0 Å². The first-order chi connectivity index (χ1) is 18.0. The number of carbonyl (C=O) groups excluding carboxylic acids is 2. The molecule has 0 aliphatic carbocycles. The molecule has 3 aromatic rings. The van der Waals surface area contributed by atoms with Crippen molar-refractivity contribution < 1.29 is 22.8 Å². The summed E-state index contributed by atoms with van der Waals surface area (Å²) in [7, 11) is 1.93. The molecule has 12 heteroatoms. The van der Waals surface area contributed by atoms with Gasteiger partial charge in [-0.1, -0.05) is 29.8 Å². The number of anilines is 2. The van der Waals surface area contributed by atoms with Crippen LogP contribution in [0.2, 0.25) is 5.02 Å². The van der Waals surface area contributed by atoms with E-state index in [2.05, 4.69) is 10.3 Å². The minimum atomic E-state index is -4.62. The maximum absolute atomic E-state index is 13.7. The second-order valence-corrected chi connectivity index (χ2v) is 9.91. The minimum absolute atomic E-state index is 0.0420. The number of primary amides is 1. The molecule has 1 atom stereocenters. The average Bonchev–Trinajstić information content (AvgIpc) is 3.29. The second kappa shape index (κ2) is 11.4. The Morgan fingerprint density at radius 1 is 1.08 bits per heavy atom. The van der Waals surface area contributed by atoms with Gasteiger partial charge < -0.3 is 16.0 Å². The molecule has 1 heterocycles. The van der Waals surface area contributed by atoms with Crippen molar-refractivity contribution in [3.63, 3.8) is 0 Å². The molecular formula is C26H23ClF3N5O2S. The van der Waals surface area contributed by atoms with Gasteiger partial charge in [-0.05, 0) is 71.9 Å². The molecule has 1 aliphatic heterocycles. The Morgan fingerprint density at radius 2 is 1.74 bits per heavy atom. The van der Waals surface area contributed by atoms with Crippen molar-refractivity contribution in [3.05, 3.63) is 88.9 Å².